The standard InChI is InChI=1S/C20H23BrN2O3S/c1-12-6-7-13(2)18(8-12)22(5)27(25,26)19-11-17(21)10-16-9-14(3)23(15(4)24)20(16)19/h6-8,10-11,14H,9H2,1-5H3/t14-/m1/s1. The number of hydrogen-bond acceptors (Lipinski definition) is 3. The summed E-state index contributed by atoms with van der Waals surface area (Å²) in [5.74, 6) is -0.158. The fourth-order valence-corrected chi connectivity index (χ4v) is 5.84. The largest absolute Gasteiger partial charge is 0.308 e. The van der Waals surface area contributed by atoms with Crippen LogP contribution in [0.5, 0.6) is 0 Å². The number of anilines is 2. The summed E-state index contributed by atoms with van der Waals surface area (Å²) in [5, 5.41) is 0. The minimum absolute atomic E-state index is 0.0771. The third-order valence-electron chi connectivity index (χ3n) is 5.00. The second kappa shape index (κ2) is 6.95. The van der Waals surface area contributed by atoms with E-state index in [1.807, 2.05) is 45.0 Å². The molecule has 1 aliphatic heterocycles. The van der Waals surface area contributed by atoms with E-state index in [4.69, 9.17) is 0 Å². The van der Waals surface area contributed by atoms with Gasteiger partial charge in [0, 0.05) is 24.5 Å². The summed E-state index contributed by atoms with van der Waals surface area (Å²) in [5.41, 5.74) is 3.84. The normalized spacial score (nSPS) is 16.4. The summed E-state index contributed by atoms with van der Waals surface area (Å²) in [4.78, 5) is 14.0. The Morgan fingerprint density at radius 3 is 2.52 bits per heavy atom. The van der Waals surface area contributed by atoms with Crippen molar-refractivity contribution in [3.63, 3.8) is 0 Å². The topological polar surface area (TPSA) is 57.7 Å². The van der Waals surface area contributed by atoms with Crippen LogP contribution >= 0.6 is 15.9 Å². The Labute approximate surface area is 169 Å². The molecule has 0 fully saturated rings. The molecule has 1 aliphatic rings. The zero-order chi connectivity index (χ0) is 20.1. The van der Waals surface area contributed by atoms with Crippen LogP contribution in [0.1, 0.15) is 30.5 Å². The van der Waals surface area contributed by atoms with Crippen molar-refractivity contribution >= 4 is 43.2 Å². The lowest BCUT2D eigenvalue weighted by molar-refractivity contribution is -0.116. The van der Waals surface area contributed by atoms with Crippen molar-refractivity contribution in [1.29, 1.82) is 0 Å². The van der Waals surface area contributed by atoms with Gasteiger partial charge in [-0.15, -0.1) is 0 Å². The number of amides is 1. The highest BCUT2D eigenvalue weighted by Crippen LogP contribution is 2.41. The number of rotatable bonds is 3. The molecule has 0 saturated heterocycles. The van der Waals surface area contributed by atoms with Gasteiger partial charge in [0.25, 0.3) is 10.0 Å². The lowest BCUT2D eigenvalue weighted by Gasteiger charge is -2.27. The maximum absolute atomic E-state index is 13.6. The van der Waals surface area contributed by atoms with Crippen molar-refractivity contribution in [3.05, 3.63) is 51.5 Å². The van der Waals surface area contributed by atoms with Crippen LogP contribution in [-0.4, -0.2) is 27.4 Å². The molecule has 0 unspecified atom stereocenters. The smallest absolute Gasteiger partial charge is 0.266 e. The molecular weight excluding hydrogens is 428 g/mol. The number of nitrogens with zero attached hydrogens (tertiary/aromatic N) is 2. The van der Waals surface area contributed by atoms with Crippen LogP contribution in [0.4, 0.5) is 11.4 Å². The van der Waals surface area contributed by atoms with Crippen LogP contribution in [0, 0.1) is 13.8 Å². The van der Waals surface area contributed by atoms with Gasteiger partial charge in [-0.05, 0) is 62.1 Å². The van der Waals surface area contributed by atoms with E-state index in [1.165, 1.54) is 11.2 Å². The molecule has 1 amide bonds. The predicted molar refractivity (Wildman–Crippen MR) is 112 cm³/mol. The molecule has 3 rings (SSSR count). The molecule has 144 valence electrons. The molecule has 0 spiro atoms. The summed E-state index contributed by atoms with van der Waals surface area (Å²) in [7, 11) is -2.30. The first-order valence-electron chi connectivity index (χ1n) is 8.72. The average molecular weight is 451 g/mol. The highest BCUT2D eigenvalue weighted by Gasteiger charge is 2.37. The Balaban J connectivity index is 2.22. The van der Waals surface area contributed by atoms with Crippen molar-refractivity contribution in [1.82, 2.24) is 0 Å². The molecule has 0 bridgehead atoms. The highest BCUT2D eigenvalue weighted by atomic mass is 79.9. The van der Waals surface area contributed by atoms with Gasteiger partial charge in [-0.25, -0.2) is 8.42 Å². The minimum Gasteiger partial charge on any atom is -0.308 e. The number of sulfonamides is 1. The summed E-state index contributed by atoms with van der Waals surface area (Å²) in [6, 6.07) is 9.12. The number of carbonyl (C=O) groups excluding carboxylic acids is 1. The third-order valence-corrected chi connectivity index (χ3v) is 7.24. The van der Waals surface area contributed by atoms with E-state index < -0.39 is 10.0 Å². The summed E-state index contributed by atoms with van der Waals surface area (Å²) in [6.45, 7) is 7.22. The fraction of sp³-hybridized carbons (Fsp3) is 0.350. The Morgan fingerprint density at radius 1 is 1.22 bits per heavy atom. The Morgan fingerprint density at radius 2 is 1.89 bits per heavy atom. The second-order valence-electron chi connectivity index (χ2n) is 7.12. The van der Waals surface area contributed by atoms with E-state index in [0.29, 0.717) is 22.3 Å². The van der Waals surface area contributed by atoms with Crippen molar-refractivity contribution in [2.75, 3.05) is 16.3 Å². The van der Waals surface area contributed by atoms with Gasteiger partial charge in [0.15, 0.2) is 0 Å². The number of fused-ring (bicyclic) bond motifs is 1. The van der Waals surface area contributed by atoms with Crippen LogP contribution in [0.2, 0.25) is 0 Å². The fourth-order valence-electron chi connectivity index (χ4n) is 3.69. The highest BCUT2D eigenvalue weighted by molar-refractivity contribution is 9.10. The van der Waals surface area contributed by atoms with Crippen molar-refractivity contribution < 1.29 is 13.2 Å². The second-order valence-corrected chi connectivity index (χ2v) is 9.97. The van der Waals surface area contributed by atoms with Crippen molar-refractivity contribution in [2.45, 2.75) is 45.1 Å². The number of aryl methyl sites for hydroxylation is 2. The van der Waals surface area contributed by atoms with Gasteiger partial charge in [-0.3, -0.25) is 9.10 Å². The maximum Gasteiger partial charge on any atom is 0.266 e. The molecular formula is C20H23BrN2O3S. The van der Waals surface area contributed by atoms with Crippen LogP contribution in [0.25, 0.3) is 0 Å². The van der Waals surface area contributed by atoms with Gasteiger partial charge in [-0.2, -0.15) is 0 Å². The van der Waals surface area contributed by atoms with Crippen LogP contribution in [0.15, 0.2) is 39.7 Å². The van der Waals surface area contributed by atoms with Crippen molar-refractivity contribution in [2.24, 2.45) is 0 Å². The minimum atomic E-state index is -3.86. The number of halogens is 1. The zero-order valence-electron chi connectivity index (χ0n) is 16.1. The van der Waals surface area contributed by atoms with E-state index in [9.17, 15) is 13.2 Å². The van der Waals surface area contributed by atoms with Gasteiger partial charge in [0.05, 0.1) is 11.4 Å². The molecule has 27 heavy (non-hydrogen) atoms. The van der Waals surface area contributed by atoms with E-state index in [0.717, 1.165) is 16.7 Å². The Hall–Kier alpha value is -1.86. The maximum atomic E-state index is 13.6. The Kier molecular flexibility index (Phi) is 5.12. The molecule has 0 N–H and O–H groups in total. The molecule has 1 heterocycles. The van der Waals surface area contributed by atoms with Crippen LogP contribution in [-0.2, 0) is 21.2 Å². The van der Waals surface area contributed by atoms with Gasteiger partial charge < -0.3 is 4.90 Å². The van der Waals surface area contributed by atoms with Crippen LogP contribution in [0.3, 0.4) is 0 Å². The third kappa shape index (κ3) is 3.38. The molecule has 0 aliphatic carbocycles. The molecule has 0 radical (unpaired) electrons. The monoisotopic (exact) mass is 450 g/mol. The molecule has 5 nitrogen and oxygen atoms in total. The quantitative estimate of drug-likeness (QED) is 0.704. The average Bonchev–Trinajstić information content (AvgIpc) is 2.91. The zero-order valence-corrected chi connectivity index (χ0v) is 18.5. The van der Waals surface area contributed by atoms with E-state index >= 15 is 0 Å². The number of benzene rings is 2. The molecule has 2 aromatic carbocycles. The van der Waals surface area contributed by atoms with Crippen molar-refractivity contribution in [3.8, 4) is 0 Å². The predicted octanol–water partition coefficient (Wildman–Crippen LogP) is 4.19. The Bertz CT molecular complexity index is 1030. The SMILES string of the molecule is CC(=O)N1c2c(cc(Br)cc2S(=O)(=O)N(C)c2cc(C)ccc2C)C[C@H]1C. The van der Waals surface area contributed by atoms with Gasteiger partial charge in [-0.1, -0.05) is 28.1 Å². The summed E-state index contributed by atoms with van der Waals surface area (Å²) >= 11 is 3.43. The first kappa shape index (κ1) is 19.9. The summed E-state index contributed by atoms with van der Waals surface area (Å²) in [6.07, 6.45) is 0.629. The van der Waals surface area contributed by atoms with E-state index in [1.54, 1.807) is 18.0 Å². The molecule has 1 atom stereocenters. The van der Waals surface area contributed by atoms with Gasteiger partial charge in [0.1, 0.15) is 4.90 Å². The van der Waals surface area contributed by atoms with Crippen LogP contribution < -0.4 is 9.21 Å². The molecule has 2 aromatic rings. The van der Waals surface area contributed by atoms with Gasteiger partial charge >= 0.3 is 0 Å². The lowest BCUT2D eigenvalue weighted by Crippen LogP contribution is -2.36. The van der Waals surface area contributed by atoms with E-state index in [2.05, 4.69) is 15.9 Å². The molecule has 0 saturated carbocycles. The van der Waals surface area contributed by atoms with E-state index in [-0.39, 0.29) is 16.8 Å². The first-order valence-corrected chi connectivity index (χ1v) is 11.0. The molecule has 0 aromatic heterocycles. The number of hydrogen-bond donors (Lipinski definition) is 0. The number of carbonyl (C=O) groups is 1. The summed E-state index contributed by atoms with van der Waals surface area (Å²) < 4.78 is 29.1. The molecule has 7 heteroatoms. The van der Waals surface area contributed by atoms with Gasteiger partial charge in [0.2, 0.25) is 5.91 Å². The first-order chi connectivity index (χ1) is 12.5. The lowest BCUT2D eigenvalue weighted by atomic mass is 10.1.